The SMILES string of the molecule is Cc1ccccc1N1C(=O)C(SCc2ccco2)=C(c2ccc(Cl)cc2)C1=O. The number of carbonyl (C=O) groups is 2. The van der Waals surface area contributed by atoms with E-state index in [1.807, 2.05) is 31.2 Å². The number of rotatable bonds is 5. The molecule has 0 aliphatic carbocycles. The van der Waals surface area contributed by atoms with Crippen LogP contribution < -0.4 is 4.90 Å². The standard InChI is InChI=1S/C22H16ClNO3S/c1-14-5-2-3-7-18(14)24-21(25)19(15-8-10-16(23)11-9-15)20(22(24)26)28-13-17-6-4-12-27-17/h2-12H,13H2,1H3. The van der Waals surface area contributed by atoms with E-state index in [2.05, 4.69) is 0 Å². The van der Waals surface area contributed by atoms with E-state index in [1.54, 1.807) is 42.7 Å². The maximum Gasteiger partial charge on any atom is 0.272 e. The van der Waals surface area contributed by atoms with Crippen LogP contribution >= 0.6 is 23.4 Å². The second kappa shape index (κ2) is 7.70. The van der Waals surface area contributed by atoms with E-state index in [1.165, 1.54) is 16.7 Å². The minimum absolute atomic E-state index is 0.319. The molecule has 3 aromatic rings. The molecule has 0 unspecified atom stereocenters. The molecule has 0 spiro atoms. The third-order valence-electron chi connectivity index (χ3n) is 4.47. The number of furan rings is 1. The third-order valence-corrected chi connectivity index (χ3v) is 5.82. The fraction of sp³-hybridized carbons (Fsp3) is 0.0909. The van der Waals surface area contributed by atoms with Gasteiger partial charge < -0.3 is 4.42 Å². The lowest BCUT2D eigenvalue weighted by Crippen LogP contribution is -2.31. The van der Waals surface area contributed by atoms with Crippen molar-refractivity contribution in [2.24, 2.45) is 0 Å². The van der Waals surface area contributed by atoms with E-state index in [4.69, 9.17) is 16.0 Å². The highest BCUT2D eigenvalue weighted by Gasteiger charge is 2.40. The van der Waals surface area contributed by atoms with Gasteiger partial charge in [0.1, 0.15) is 5.76 Å². The van der Waals surface area contributed by atoms with E-state index in [-0.39, 0.29) is 11.8 Å². The summed E-state index contributed by atoms with van der Waals surface area (Å²) in [5.74, 6) is 0.548. The summed E-state index contributed by atoms with van der Waals surface area (Å²) >= 11 is 7.30. The van der Waals surface area contributed by atoms with Gasteiger partial charge in [0, 0.05) is 5.02 Å². The maximum atomic E-state index is 13.3. The number of hydrogen-bond donors (Lipinski definition) is 0. The quantitative estimate of drug-likeness (QED) is 0.525. The number of para-hydroxylation sites is 1. The second-order valence-corrected chi connectivity index (χ2v) is 7.73. The molecule has 2 amide bonds. The summed E-state index contributed by atoms with van der Waals surface area (Å²) in [5, 5.41) is 0.571. The van der Waals surface area contributed by atoms with Crippen LogP contribution in [-0.4, -0.2) is 11.8 Å². The van der Waals surface area contributed by atoms with Gasteiger partial charge >= 0.3 is 0 Å². The lowest BCUT2D eigenvalue weighted by molar-refractivity contribution is -0.119. The summed E-state index contributed by atoms with van der Waals surface area (Å²) in [4.78, 5) is 28.2. The van der Waals surface area contributed by atoms with Crippen LogP contribution in [0.4, 0.5) is 5.69 Å². The van der Waals surface area contributed by atoms with Gasteiger partial charge in [-0.25, -0.2) is 4.90 Å². The number of thioether (sulfide) groups is 1. The summed E-state index contributed by atoms with van der Waals surface area (Å²) in [7, 11) is 0. The van der Waals surface area contributed by atoms with Crippen LogP contribution in [0.25, 0.3) is 5.57 Å². The summed E-state index contributed by atoms with van der Waals surface area (Å²) in [6.07, 6.45) is 1.59. The van der Waals surface area contributed by atoms with Crippen molar-refractivity contribution in [2.45, 2.75) is 12.7 Å². The Morgan fingerprint density at radius 1 is 0.964 bits per heavy atom. The molecule has 0 radical (unpaired) electrons. The Morgan fingerprint density at radius 2 is 1.71 bits per heavy atom. The van der Waals surface area contributed by atoms with Crippen molar-refractivity contribution in [2.75, 3.05) is 4.90 Å². The van der Waals surface area contributed by atoms with Gasteiger partial charge in [-0.3, -0.25) is 9.59 Å². The summed E-state index contributed by atoms with van der Waals surface area (Å²) in [6.45, 7) is 1.88. The van der Waals surface area contributed by atoms with Crippen LogP contribution in [0.5, 0.6) is 0 Å². The topological polar surface area (TPSA) is 50.5 Å². The van der Waals surface area contributed by atoms with Gasteiger partial charge in [-0.05, 0) is 48.4 Å². The molecule has 0 saturated heterocycles. The monoisotopic (exact) mass is 409 g/mol. The van der Waals surface area contributed by atoms with Crippen LogP contribution in [0.3, 0.4) is 0 Å². The van der Waals surface area contributed by atoms with E-state index < -0.39 is 0 Å². The average Bonchev–Trinajstić information content (AvgIpc) is 3.28. The summed E-state index contributed by atoms with van der Waals surface area (Å²) < 4.78 is 5.37. The van der Waals surface area contributed by atoms with Crippen LogP contribution in [-0.2, 0) is 15.3 Å². The molecule has 4 nitrogen and oxygen atoms in total. The van der Waals surface area contributed by atoms with E-state index in [9.17, 15) is 9.59 Å². The zero-order valence-corrected chi connectivity index (χ0v) is 16.6. The Bertz CT molecular complexity index is 1070. The van der Waals surface area contributed by atoms with Gasteiger partial charge in [0.05, 0.1) is 28.2 Å². The zero-order chi connectivity index (χ0) is 19.7. The minimum atomic E-state index is -0.330. The zero-order valence-electron chi connectivity index (χ0n) is 15.0. The van der Waals surface area contributed by atoms with Crippen molar-refractivity contribution in [3.63, 3.8) is 0 Å². The first-order valence-electron chi connectivity index (χ1n) is 8.66. The summed E-state index contributed by atoms with van der Waals surface area (Å²) in [5.41, 5.74) is 2.51. The highest BCUT2D eigenvalue weighted by Crippen LogP contribution is 2.40. The largest absolute Gasteiger partial charge is 0.468 e. The Kier molecular flexibility index (Phi) is 5.11. The number of benzene rings is 2. The molecular weight excluding hydrogens is 394 g/mol. The molecule has 0 fully saturated rings. The first-order chi connectivity index (χ1) is 13.6. The van der Waals surface area contributed by atoms with Gasteiger partial charge in [0.15, 0.2) is 0 Å². The van der Waals surface area contributed by atoms with Gasteiger partial charge in [-0.2, -0.15) is 0 Å². The van der Waals surface area contributed by atoms with Crippen LogP contribution in [0.2, 0.25) is 5.02 Å². The molecule has 2 heterocycles. The molecule has 28 heavy (non-hydrogen) atoms. The number of halogens is 1. The Hall–Kier alpha value is -2.76. The first-order valence-corrected chi connectivity index (χ1v) is 10.0. The molecule has 4 rings (SSSR count). The number of nitrogens with zero attached hydrogens (tertiary/aromatic N) is 1. The number of hydrogen-bond acceptors (Lipinski definition) is 4. The second-order valence-electron chi connectivity index (χ2n) is 6.31. The van der Waals surface area contributed by atoms with Crippen LogP contribution in [0.1, 0.15) is 16.9 Å². The maximum absolute atomic E-state index is 13.3. The predicted molar refractivity (Wildman–Crippen MR) is 112 cm³/mol. The molecule has 0 saturated carbocycles. The fourth-order valence-electron chi connectivity index (χ4n) is 3.09. The van der Waals surface area contributed by atoms with Crippen molar-refractivity contribution in [3.05, 3.63) is 93.7 Å². The predicted octanol–water partition coefficient (Wildman–Crippen LogP) is 5.46. The van der Waals surface area contributed by atoms with Gasteiger partial charge in [-0.15, -0.1) is 11.8 Å². The Labute approximate surface area is 171 Å². The number of anilines is 1. The van der Waals surface area contributed by atoms with Gasteiger partial charge in [-0.1, -0.05) is 41.9 Å². The van der Waals surface area contributed by atoms with Gasteiger partial charge in [0.25, 0.3) is 11.8 Å². The fourth-order valence-corrected chi connectivity index (χ4v) is 4.23. The number of carbonyl (C=O) groups excluding carboxylic acids is 2. The Balaban J connectivity index is 1.77. The van der Waals surface area contributed by atoms with Gasteiger partial charge in [0.2, 0.25) is 0 Å². The van der Waals surface area contributed by atoms with Crippen LogP contribution in [0.15, 0.2) is 76.2 Å². The smallest absolute Gasteiger partial charge is 0.272 e. The van der Waals surface area contributed by atoms with Crippen molar-refractivity contribution in [1.29, 1.82) is 0 Å². The molecule has 0 bridgehead atoms. The van der Waals surface area contributed by atoms with Crippen molar-refractivity contribution >= 4 is 46.4 Å². The molecule has 6 heteroatoms. The summed E-state index contributed by atoms with van der Waals surface area (Å²) in [6, 6.07) is 18.0. The van der Waals surface area contributed by atoms with Crippen molar-refractivity contribution in [1.82, 2.24) is 0 Å². The lowest BCUT2D eigenvalue weighted by atomic mass is 10.1. The number of aryl methyl sites for hydroxylation is 1. The number of imide groups is 1. The average molecular weight is 410 g/mol. The highest BCUT2D eigenvalue weighted by molar-refractivity contribution is 8.03. The first kappa shape index (κ1) is 18.6. The molecule has 2 aromatic carbocycles. The molecule has 1 aromatic heterocycles. The van der Waals surface area contributed by atoms with E-state index in [0.717, 1.165) is 11.3 Å². The molecule has 0 atom stereocenters. The van der Waals surface area contributed by atoms with E-state index in [0.29, 0.717) is 32.5 Å². The highest BCUT2D eigenvalue weighted by atomic mass is 35.5. The van der Waals surface area contributed by atoms with Crippen molar-refractivity contribution < 1.29 is 14.0 Å². The minimum Gasteiger partial charge on any atom is -0.468 e. The molecular formula is C22H16ClNO3S. The lowest BCUT2D eigenvalue weighted by Gasteiger charge is -2.17. The number of amides is 2. The Morgan fingerprint density at radius 3 is 2.39 bits per heavy atom. The molecule has 0 N–H and O–H groups in total. The molecule has 1 aliphatic rings. The van der Waals surface area contributed by atoms with Crippen molar-refractivity contribution in [3.8, 4) is 0 Å². The molecule has 1 aliphatic heterocycles. The normalized spacial score (nSPS) is 14.3. The third kappa shape index (κ3) is 3.39. The molecule has 140 valence electrons. The van der Waals surface area contributed by atoms with E-state index >= 15 is 0 Å². The van der Waals surface area contributed by atoms with Crippen LogP contribution in [0, 0.1) is 6.92 Å².